The Labute approximate surface area is 177 Å². The summed E-state index contributed by atoms with van der Waals surface area (Å²) in [7, 11) is 0. The maximum absolute atomic E-state index is 4.64. The molecule has 0 bridgehead atoms. The van der Waals surface area contributed by atoms with Gasteiger partial charge in [-0.25, -0.2) is 9.98 Å². The van der Waals surface area contributed by atoms with E-state index < -0.39 is 0 Å². The van der Waals surface area contributed by atoms with E-state index in [9.17, 15) is 0 Å². The molecule has 2 heterocycles. The molecule has 0 saturated heterocycles. The van der Waals surface area contributed by atoms with E-state index in [1.807, 2.05) is 6.20 Å². The van der Waals surface area contributed by atoms with Crippen LogP contribution in [-0.2, 0) is 19.5 Å². The number of nitrogens with zero attached hydrogens (tertiary/aromatic N) is 3. The number of halogens is 1. The Morgan fingerprint density at radius 3 is 2.81 bits per heavy atom. The van der Waals surface area contributed by atoms with Crippen LogP contribution in [0.3, 0.4) is 0 Å². The third-order valence-corrected chi connectivity index (χ3v) is 5.21. The van der Waals surface area contributed by atoms with Crippen molar-refractivity contribution in [2.45, 2.75) is 33.4 Å². The van der Waals surface area contributed by atoms with Crippen LogP contribution in [0, 0.1) is 6.92 Å². The predicted octanol–water partition coefficient (Wildman–Crippen LogP) is 3.18. The molecule has 0 radical (unpaired) electrons. The van der Waals surface area contributed by atoms with Gasteiger partial charge in [-0.2, -0.15) is 0 Å². The highest BCUT2D eigenvalue weighted by molar-refractivity contribution is 14.0. The van der Waals surface area contributed by atoms with Gasteiger partial charge in [-0.1, -0.05) is 24.3 Å². The molecular formula is C19H28IN5S. The van der Waals surface area contributed by atoms with Crippen LogP contribution in [0.25, 0.3) is 0 Å². The zero-order valence-electron chi connectivity index (χ0n) is 15.5. The normalized spacial score (nSPS) is 14.5. The highest BCUT2D eigenvalue weighted by Crippen LogP contribution is 2.17. The number of aromatic nitrogens is 1. The minimum Gasteiger partial charge on any atom is -0.357 e. The molecule has 1 aromatic carbocycles. The molecule has 0 fully saturated rings. The Hall–Kier alpha value is -1.19. The molecular weight excluding hydrogens is 457 g/mol. The van der Waals surface area contributed by atoms with Crippen molar-refractivity contribution >= 4 is 41.3 Å². The second-order valence-electron chi connectivity index (χ2n) is 6.28. The van der Waals surface area contributed by atoms with Gasteiger partial charge in [0.15, 0.2) is 5.96 Å². The van der Waals surface area contributed by atoms with Gasteiger partial charge in [0, 0.05) is 43.8 Å². The highest BCUT2D eigenvalue weighted by atomic mass is 127. The molecule has 0 saturated carbocycles. The minimum absolute atomic E-state index is 0. The van der Waals surface area contributed by atoms with Gasteiger partial charge in [0.2, 0.25) is 0 Å². The van der Waals surface area contributed by atoms with Gasteiger partial charge in [-0.15, -0.1) is 35.3 Å². The van der Waals surface area contributed by atoms with Crippen molar-refractivity contribution in [1.82, 2.24) is 20.5 Å². The predicted molar refractivity (Wildman–Crippen MR) is 121 cm³/mol. The molecule has 0 atom stereocenters. The average Bonchev–Trinajstić information content (AvgIpc) is 3.05. The van der Waals surface area contributed by atoms with Crippen molar-refractivity contribution in [1.29, 1.82) is 0 Å². The van der Waals surface area contributed by atoms with E-state index in [0.29, 0.717) is 6.54 Å². The number of hydrogen-bond donors (Lipinski definition) is 2. The number of fused-ring (bicyclic) bond motifs is 1. The molecule has 0 amide bonds. The molecule has 26 heavy (non-hydrogen) atoms. The lowest BCUT2D eigenvalue weighted by molar-refractivity contribution is 0.258. The van der Waals surface area contributed by atoms with Gasteiger partial charge in [-0.3, -0.25) is 4.90 Å². The molecule has 2 N–H and O–H groups in total. The Balaban J connectivity index is 0.00000243. The van der Waals surface area contributed by atoms with E-state index in [-0.39, 0.29) is 24.0 Å². The Bertz CT molecular complexity index is 715. The third-order valence-electron chi connectivity index (χ3n) is 4.32. The average molecular weight is 485 g/mol. The van der Waals surface area contributed by atoms with Crippen molar-refractivity contribution in [3.63, 3.8) is 0 Å². The molecule has 7 heteroatoms. The molecule has 3 rings (SSSR count). The van der Waals surface area contributed by atoms with Gasteiger partial charge in [0.25, 0.3) is 0 Å². The first kappa shape index (κ1) is 21.1. The number of rotatable bonds is 6. The zero-order valence-corrected chi connectivity index (χ0v) is 18.6. The SMILES string of the molecule is CCNC(=NCc1ncc(C)s1)NCCN1CCc2ccccc2C1.I. The summed E-state index contributed by atoms with van der Waals surface area (Å²) in [6.07, 6.45) is 3.05. The monoisotopic (exact) mass is 485 g/mol. The fraction of sp³-hybridized carbons (Fsp3) is 0.474. The van der Waals surface area contributed by atoms with E-state index in [0.717, 1.165) is 50.1 Å². The molecule has 1 aliphatic rings. The number of guanidine groups is 1. The van der Waals surface area contributed by atoms with Gasteiger partial charge >= 0.3 is 0 Å². The lowest BCUT2D eigenvalue weighted by Gasteiger charge is -2.28. The van der Waals surface area contributed by atoms with Crippen LogP contribution in [0.5, 0.6) is 0 Å². The lowest BCUT2D eigenvalue weighted by Crippen LogP contribution is -2.42. The second-order valence-corrected chi connectivity index (χ2v) is 7.60. The van der Waals surface area contributed by atoms with Crippen LogP contribution in [0.2, 0.25) is 0 Å². The fourth-order valence-corrected chi connectivity index (χ4v) is 3.75. The summed E-state index contributed by atoms with van der Waals surface area (Å²) >= 11 is 1.71. The van der Waals surface area contributed by atoms with Gasteiger partial charge in [0.05, 0.1) is 6.54 Å². The van der Waals surface area contributed by atoms with Crippen molar-refractivity contribution in [3.8, 4) is 0 Å². The Kier molecular flexibility index (Phi) is 8.80. The van der Waals surface area contributed by atoms with Gasteiger partial charge in [-0.05, 0) is 31.4 Å². The molecule has 0 aliphatic carbocycles. The molecule has 2 aromatic rings. The topological polar surface area (TPSA) is 52.6 Å². The number of nitrogens with one attached hydrogen (secondary N) is 2. The molecule has 0 unspecified atom stereocenters. The highest BCUT2D eigenvalue weighted by Gasteiger charge is 2.15. The fourth-order valence-electron chi connectivity index (χ4n) is 3.04. The first-order chi connectivity index (χ1) is 12.2. The number of hydrogen-bond acceptors (Lipinski definition) is 4. The van der Waals surface area contributed by atoms with Crippen molar-refractivity contribution in [3.05, 3.63) is 51.5 Å². The summed E-state index contributed by atoms with van der Waals surface area (Å²) in [5, 5.41) is 7.81. The number of benzene rings is 1. The minimum atomic E-state index is 0. The van der Waals surface area contributed by atoms with Crippen LogP contribution in [0.15, 0.2) is 35.5 Å². The smallest absolute Gasteiger partial charge is 0.191 e. The van der Waals surface area contributed by atoms with E-state index in [1.54, 1.807) is 11.3 Å². The maximum atomic E-state index is 4.64. The summed E-state index contributed by atoms with van der Waals surface area (Å²) < 4.78 is 0. The summed E-state index contributed by atoms with van der Waals surface area (Å²) in [5.74, 6) is 0.868. The van der Waals surface area contributed by atoms with Crippen LogP contribution >= 0.6 is 35.3 Å². The number of thiazole rings is 1. The number of aliphatic imine (C=N–C) groups is 1. The van der Waals surface area contributed by atoms with E-state index in [2.05, 4.69) is 63.6 Å². The largest absolute Gasteiger partial charge is 0.357 e. The zero-order chi connectivity index (χ0) is 17.5. The van der Waals surface area contributed by atoms with Crippen molar-refractivity contribution in [2.24, 2.45) is 4.99 Å². The van der Waals surface area contributed by atoms with E-state index >= 15 is 0 Å². The summed E-state index contributed by atoms with van der Waals surface area (Å²) in [6, 6.07) is 8.77. The summed E-state index contributed by atoms with van der Waals surface area (Å²) in [4.78, 5) is 12.7. The van der Waals surface area contributed by atoms with Gasteiger partial charge in [0.1, 0.15) is 5.01 Å². The van der Waals surface area contributed by atoms with Crippen LogP contribution in [0.1, 0.15) is 27.9 Å². The molecule has 1 aromatic heterocycles. The first-order valence-corrected chi connectivity index (χ1v) is 9.79. The Morgan fingerprint density at radius 1 is 1.27 bits per heavy atom. The summed E-state index contributed by atoms with van der Waals surface area (Å²) in [6.45, 7) is 9.75. The second kappa shape index (κ2) is 10.8. The molecule has 142 valence electrons. The molecule has 1 aliphatic heterocycles. The molecule has 0 spiro atoms. The quantitative estimate of drug-likeness (QED) is 0.375. The van der Waals surface area contributed by atoms with Crippen molar-refractivity contribution in [2.75, 3.05) is 26.2 Å². The number of aryl methyl sites for hydroxylation is 1. The van der Waals surface area contributed by atoms with Crippen LogP contribution < -0.4 is 10.6 Å². The molecule has 5 nitrogen and oxygen atoms in total. The van der Waals surface area contributed by atoms with E-state index in [1.165, 1.54) is 16.0 Å². The van der Waals surface area contributed by atoms with Gasteiger partial charge < -0.3 is 10.6 Å². The Morgan fingerprint density at radius 2 is 2.08 bits per heavy atom. The lowest BCUT2D eigenvalue weighted by atomic mass is 10.00. The van der Waals surface area contributed by atoms with Crippen molar-refractivity contribution < 1.29 is 0 Å². The first-order valence-electron chi connectivity index (χ1n) is 8.97. The third kappa shape index (κ3) is 6.21. The summed E-state index contributed by atoms with van der Waals surface area (Å²) in [5.41, 5.74) is 2.97. The van der Waals surface area contributed by atoms with Crippen LogP contribution in [0.4, 0.5) is 0 Å². The standard InChI is InChI=1S/C19H27N5S.HI/c1-3-20-19(23-13-18-22-12-15(2)25-18)21-9-11-24-10-8-16-6-4-5-7-17(16)14-24;/h4-7,12H,3,8-11,13-14H2,1-2H3,(H2,20,21,23);1H. The van der Waals surface area contributed by atoms with Crippen LogP contribution in [-0.4, -0.2) is 42.0 Å². The van der Waals surface area contributed by atoms with E-state index in [4.69, 9.17) is 0 Å². The maximum Gasteiger partial charge on any atom is 0.191 e.